The van der Waals surface area contributed by atoms with Gasteiger partial charge in [0.15, 0.2) is 0 Å². The fourth-order valence-electron chi connectivity index (χ4n) is 1.35. The maximum absolute atomic E-state index is 13.1. The topological polar surface area (TPSA) is 48.1 Å². The van der Waals surface area contributed by atoms with E-state index in [1.165, 1.54) is 12.1 Å². The second-order valence-corrected chi connectivity index (χ2v) is 4.36. The number of hydrogen-bond donors (Lipinski definition) is 1. The Balaban J connectivity index is 2.24. The Labute approximate surface area is 107 Å². The summed E-state index contributed by atoms with van der Waals surface area (Å²) in [4.78, 5) is 3.99. The predicted octanol–water partition coefficient (Wildman–Crippen LogP) is 3.23. The smallest absolute Gasteiger partial charge is 0.146 e. The van der Waals surface area contributed by atoms with E-state index in [1.54, 1.807) is 24.5 Å². The standard InChI is InChI=1S/C12H10BrFN2O/c13-9-2-10(14)4-11(3-9)17-12-1-8(5-15)6-16-7-12/h1-4,6-7H,5,15H2. The Morgan fingerprint density at radius 1 is 1.18 bits per heavy atom. The summed E-state index contributed by atoms with van der Waals surface area (Å²) in [6.45, 7) is 0.386. The molecule has 0 saturated heterocycles. The number of nitrogens with two attached hydrogens (primary N) is 1. The molecule has 0 saturated carbocycles. The molecule has 3 nitrogen and oxygen atoms in total. The molecule has 0 spiro atoms. The maximum Gasteiger partial charge on any atom is 0.146 e. The van der Waals surface area contributed by atoms with Gasteiger partial charge in [0.25, 0.3) is 0 Å². The van der Waals surface area contributed by atoms with Crippen LogP contribution in [0.15, 0.2) is 41.1 Å². The summed E-state index contributed by atoms with van der Waals surface area (Å²) in [6.07, 6.45) is 3.21. The predicted molar refractivity (Wildman–Crippen MR) is 66.3 cm³/mol. The molecule has 2 N–H and O–H groups in total. The quantitative estimate of drug-likeness (QED) is 0.946. The van der Waals surface area contributed by atoms with Gasteiger partial charge >= 0.3 is 0 Å². The fraction of sp³-hybridized carbons (Fsp3) is 0.0833. The van der Waals surface area contributed by atoms with E-state index in [0.717, 1.165) is 5.56 Å². The number of ether oxygens (including phenoxy) is 1. The number of nitrogens with zero attached hydrogens (tertiary/aromatic N) is 1. The van der Waals surface area contributed by atoms with Gasteiger partial charge in [-0.25, -0.2) is 4.39 Å². The molecule has 1 aromatic heterocycles. The normalized spacial score (nSPS) is 10.3. The van der Waals surface area contributed by atoms with E-state index >= 15 is 0 Å². The lowest BCUT2D eigenvalue weighted by atomic mass is 10.3. The van der Waals surface area contributed by atoms with E-state index in [-0.39, 0.29) is 5.82 Å². The molecule has 0 fully saturated rings. The van der Waals surface area contributed by atoms with Crippen molar-refractivity contribution in [2.45, 2.75) is 6.54 Å². The maximum atomic E-state index is 13.1. The second kappa shape index (κ2) is 5.25. The monoisotopic (exact) mass is 296 g/mol. The molecule has 0 aliphatic carbocycles. The molecule has 0 atom stereocenters. The van der Waals surface area contributed by atoms with E-state index in [0.29, 0.717) is 22.5 Å². The van der Waals surface area contributed by atoms with Crippen molar-refractivity contribution in [3.05, 3.63) is 52.5 Å². The van der Waals surface area contributed by atoms with Crippen molar-refractivity contribution in [2.75, 3.05) is 0 Å². The van der Waals surface area contributed by atoms with Crippen LogP contribution in [0.1, 0.15) is 5.56 Å². The summed E-state index contributed by atoms with van der Waals surface area (Å²) >= 11 is 3.20. The van der Waals surface area contributed by atoms with Gasteiger partial charge in [0.1, 0.15) is 17.3 Å². The van der Waals surface area contributed by atoms with Crippen molar-refractivity contribution in [1.29, 1.82) is 0 Å². The third kappa shape index (κ3) is 3.25. The highest BCUT2D eigenvalue weighted by Crippen LogP contribution is 2.25. The average Bonchev–Trinajstić information content (AvgIpc) is 2.28. The fourth-order valence-corrected chi connectivity index (χ4v) is 1.80. The lowest BCUT2D eigenvalue weighted by Crippen LogP contribution is -1.97. The number of aromatic nitrogens is 1. The van der Waals surface area contributed by atoms with Gasteiger partial charge in [-0.3, -0.25) is 4.98 Å². The van der Waals surface area contributed by atoms with Gasteiger partial charge in [0.2, 0.25) is 0 Å². The lowest BCUT2D eigenvalue weighted by Gasteiger charge is -2.07. The minimum Gasteiger partial charge on any atom is -0.456 e. The van der Waals surface area contributed by atoms with Crippen LogP contribution in [0.2, 0.25) is 0 Å². The highest BCUT2D eigenvalue weighted by molar-refractivity contribution is 9.10. The molecular weight excluding hydrogens is 287 g/mol. The molecule has 1 heterocycles. The first-order valence-corrected chi connectivity index (χ1v) is 5.74. The van der Waals surface area contributed by atoms with Crippen LogP contribution in [-0.2, 0) is 6.54 Å². The number of rotatable bonds is 3. The Hall–Kier alpha value is -1.46. The molecular formula is C12H10BrFN2O. The zero-order valence-corrected chi connectivity index (χ0v) is 10.4. The van der Waals surface area contributed by atoms with Crippen LogP contribution in [0.5, 0.6) is 11.5 Å². The SMILES string of the molecule is NCc1cncc(Oc2cc(F)cc(Br)c2)c1. The number of hydrogen-bond acceptors (Lipinski definition) is 3. The Morgan fingerprint density at radius 2 is 2.00 bits per heavy atom. The highest BCUT2D eigenvalue weighted by atomic mass is 79.9. The Kier molecular flexibility index (Phi) is 3.71. The van der Waals surface area contributed by atoms with Crippen LogP contribution in [0.4, 0.5) is 4.39 Å². The van der Waals surface area contributed by atoms with Crippen LogP contribution in [0.25, 0.3) is 0 Å². The first-order valence-electron chi connectivity index (χ1n) is 4.95. The van der Waals surface area contributed by atoms with Gasteiger partial charge in [-0.05, 0) is 23.8 Å². The van der Waals surface area contributed by atoms with E-state index in [9.17, 15) is 4.39 Å². The molecule has 0 bridgehead atoms. The summed E-state index contributed by atoms with van der Waals surface area (Å²) in [7, 11) is 0. The number of pyridine rings is 1. The lowest BCUT2D eigenvalue weighted by molar-refractivity contribution is 0.473. The molecule has 2 rings (SSSR count). The number of benzene rings is 1. The molecule has 0 aliphatic heterocycles. The van der Waals surface area contributed by atoms with Crippen LogP contribution in [-0.4, -0.2) is 4.98 Å². The molecule has 88 valence electrons. The minimum atomic E-state index is -0.364. The zero-order valence-electron chi connectivity index (χ0n) is 8.86. The van der Waals surface area contributed by atoms with Crippen molar-refractivity contribution >= 4 is 15.9 Å². The van der Waals surface area contributed by atoms with Crippen molar-refractivity contribution in [2.24, 2.45) is 5.73 Å². The second-order valence-electron chi connectivity index (χ2n) is 3.44. The Bertz CT molecular complexity index is 513. The van der Waals surface area contributed by atoms with Gasteiger partial charge in [-0.1, -0.05) is 15.9 Å². The molecule has 0 aliphatic rings. The van der Waals surface area contributed by atoms with Gasteiger partial charge in [-0.2, -0.15) is 0 Å². The zero-order chi connectivity index (χ0) is 12.3. The molecule has 17 heavy (non-hydrogen) atoms. The average molecular weight is 297 g/mol. The summed E-state index contributed by atoms with van der Waals surface area (Å²) < 4.78 is 19.2. The molecule has 1 aromatic carbocycles. The number of halogens is 2. The summed E-state index contributed by atoms with van der Waals surface area (Å²) in [5.41, 5.74) is 6.36. The largest absolute Gasteiger partial charge is 0.456 e. The molecule has 2 aromatic rings. The van der Waals surface area contributed by atoms with Crippen LogP contribution in [0, 0.1) is 5.82 Å². The van der Waals surface area contributed by atoms with Gasteiger partial charge in [-0.15, -0.1) is 0 Å². The van der Waals surface area contributed by atoms with Crippen molar-refractivity contribution < 1.29 is 9.13 Å². The van der Waals surface area contributed by atoms with Crippen molar-refractivity contribution in [1.82, 2.24) is 4.98 Å². The van der Waals surface area contributed by atoms with E-state index in [1.807, 2.05) is 0 Å². The molecule has 0 amide bonds. The summed E-state index contributed by atoms with van der Waals surface area (Å²) in [6, 6.07) is 6.12. The van der Waals surface area contributed by atoms with Gasteiger partial charge in [0, 0.05) is 23.3 Å². The van der Waals surface area contributed by atoms with Gasteiger partial charge < -0.3 is 10.5 Å². The Morgan fingerprint density at radius 3 is 2.71 bits per heavy atom. The van der Waals surface area contributed by atoms with E-state index < -0.39 is 0 Å². The van der Waals surface area contributed by atoms with Crippen molar-refractivity contribution in [3.8, 4) is 11.5 Å². The van der Waals surface area contributed by atoms with Gasteiger partial charge in [0.05, 0.1) is 6.20 Å². The molecule has 5 heteroatoms. The van der Waals surface area contributed by atoms with Crippen molar-refractivity contribution in [3.63, 3.8) is 0 Å². The van der Waals surface area contributed by atoms with E-state index in [4.69, 9.17) is 10.5 Å². The molecule has 0 unspecified atom stereocenters. The minimum absolute atomic E-state index is 0.364. The van der Waals surface area contributed by atoms with E-state index in [2.05, 4.69) is 20.9 Å². The van der Waals surface area contributed by atoms with Crippen LogP contribution in [0.3, 0.4) is 0 Å². The first kappa shape index (κ1) is 12.0. The third-order valence-corrected chi connectivity index (χ3v) is 2.54. The molecule has 0 radical (unpaired) electrons. The third-order valence-electron chi connectivity index (χ3n) is 2.08. The van der Waals surface area contributed by atoms with Crippen LogP contribution >= 0.6 is 15.9 Å². The van der Waals surface area contributed by atoms with Crippen LogP contribution < -0.4 is 10.5 Å². The highest BCUT2D eigenvalue weighted by Gasteiger charge is 2.02. The summed E-state index contributed by atoms with van der Waals surface area (Å²) in [5.74, 6) is 0.579. The summed E-state index contributed by atoms with van der Waals surface area (Å²) in [5, 5.41) is 0. The first-order chi connectivity index (χ1) is 8.17.